The van der Waals surface area contributed by atoms with E-state index in [2.05, 4.69) is 24.5 Å². The lowest BCUT2D eigenvalue weighted by atomic mass is 10.1. The summed E-state index contributed by atoms with van der Waals surface area (Å²) < 4.78 is 11.5. The minimum absolute atomic E-state index is 0.400. The highest BCUT2D eigenvalue weighted by atomic mass is 16.5. The van der Waals surface area contributed by atoms with Crippen LogP contribution in [0.4, 0.5) is 5.69 Å². The maximum atomic E-state index is 8.23. The minimum Gasteiger partial charge on any atom is -0.496 e. The summed E-state index contributed by atoms with van der Waals surface area (Å²) in [7, 11) is 3.54. The molecule has 0 saturated carbocycles. The van der Waals surface area contributed by atoms with Gasteiger partial charge in [-0.25, -0.2) is 0 Å². The summed E-state index contributed by atoms with van der Waals surface area (Å²) in [5, 5.41) is 14.6. The molecule has 0 aliphatic heterocycles. The van der Waals surface area contributed by atoms with Crippen LogP contribution in [0, 0.1) is 18.3 Å². The van der Waals surface area contributed by atoms with Gasteiger partial charge in [-0.05, 0) is 66.6 Å². The van der Waals surface area contributed by atoms with Crippen molar-refractivity contribution in [2.24, 2.45) is 5.92 Å². The highest BCUT2D eigenvalue weighted by Gasteiger charge is 2.10. The van der Waals surface area contributed by atoms with Crippen LogP contribution in [0.1, 0.15) is 30.5 Å². The van der Waals surface area contributed by atoms with E-state index in [0.717, 1.165) is 40.4 Å². The van der Waals surface area contributed by atoms with E-state index < -0.39 is 0 Å². The average Bonchev–Trinajstić information content (AvgIpc) is 2.69. The van der Waals surface area contributed by atoms with Crippen molar-refractivity contribution in [2.75, 3.05) is 26.0 Å². The molecule has 2 aromatic rings. The molecule has 5 heteroatoms. The molecule has 0 amide bonds. The molecule has 28 heavy (non-hydrogen) atoms. The number of anilines is 1. The first kappa shape index (κ1) is 21.4. The molecule has 0 radical (unpaired) electrons. The van der Waals surface area contributed by atoms with Crippen LogP contribution in [-0.4, -0.2) is 26.4 Å². The Morgan fingerprint density at radius 3 is 2.61 bits per heavy atom. The fourth-order valence-corrected chi connectivity index (χ4v) is 2.81. The Bertz CT molecular complexity index is 806. The van der Waals surface area contributed by atoms with Crippen LogP contribution in [0.15, 0.2) is 48.7 Å². The fraction of sp³-hybridized carbons (Fsp3) is 0.348. The third-order valence-electron chi connectivity index (χ3n) is 4.37. The first-order chi connectivity index (χ1) is 13.5. The van der Waals surface area contributed by atoms with Gasteiger partial charge in [0.1, 0.15) is 18.1 Å². The van der Waals surface area contributed by atoms with Crippen LogP contribution < -0.4 is 20.1 Å². The zero-order chi connectivity index (χ0) is 20.5. The zero-order valence-electron chi connectivity index (χ0n) is 17.4. The molecule has 0 fully saturated rings. The van der Waals surface area contributed by atoms with E-state index in [1.165, 1.54) is 0 Å². The summed E-state index contributed by atoms with van der Waals surface area (Å²) in [5.74, 6) is 2.16. The van der Waals surface area contributed by atoms with Crippen molar-refractivity contribution in [3.63, 3.8) is 0 Å². The molecule has 0 unspecified atom stereocenters. The lowest BCUT2D eigenvalue weighted by molar-refractivity contribution is 0.295. The summed E-state index contributed by atoms with van der Waals surface area (Å²) >= 11 is 0. The van der Waals surface area contributed by atoms with E-state index in [-0.39, 0.29) is 0 Å². The second-order valence-electron chi connectivity index (χ2n) is 7.05. The van der Waals surface area contributed by atoms with E-state index in [1.807, 2.05) is 56.6 Å². The Morgan fingerprint density at radius 2 is 1.96 bits per heavy atom. The second kappa shape index (κ2) is 10.4. The van der Waals surface area contributed by atoms with E-state index >= 15 is 0 Å². The molecule has 5 nitrogen and oxygen atoms in total. The summed E-state index contributed by atoms with van der Waals surface area (Å²) in [6, 6.07) is 11.7. The zero-order valence-corrected chi connectivity index (χ0v) is 17.4. The molecule has 2 rings (SSSR count). The van der Waals surface area contributed by atoms with Crippen molar-refractivity contribution in [2.45, 2.75) is 27.4 Å². The van der Waals surface area contributed by atoms with Gasteiger partial charge in [-0.2, -0.15) is 0 Å². The van der Waals surface area contributed by atoms with E-state index in [1.54, 1.807) is 13.2 Å². The predicted molar refractivity (Wildman–Crippen MR) is 117 cm³/mol. The SMILES string of the molecule is CNc1cccc(OC)c1COc1ccc(C(=N)/C=C\NCC(C)C)cc1C. The van der Waals surface area contributed by atoms with Gasteiger partial charge in [-0.1, -0.05) is 19.9 Å². The number of aryl methyl sites for hydroxylation is 1. The number of hydrogen-bond donors (Lipinski definition) is 3. The van der Waals surface area contributed by atoms with Crippen LogP contribution in [0.5, 0.6) is 11.5 Å². The van der Waals surface area contributed by atoms with Crippen molar-refractivity contribution in [1.82, 2.24) is 5.32 Å². The Labute approximate surface area is 168 Å². The van der Waals surface area contributed by atoms with Gasteiger partial charge in [0, 0.05) is 19.3 Å². The van der Waals surface area contributed by atoms with Crippen LogP contribution in [0.25, 0.3) is 0 Å². The normalized spacial score (nSPS) is 10.9. The van der Waals surface area contributed by atoms with E-state index in [0.29, 0.717) is 18.2 Å². The van der Waals surface area contributed by atoms with Gasteiger partial charge >= 0.3 is 0 Å². The third kappa shape index (κ3) is 5.78. The van der Waals surface area contributed by atoms with Gasteiger partial charge in [-0.3, -0.25) is 0 Å². The Balaban J connectivity index is 2.06. The lowest BCUT2D eigenvalue weighted by Crippen LogP contribution is -2.13. The summed E-state index contributed by atoms with van der Waals surface area (Å²) in [6.45, 7) is 7.59. The minimum atomic E-state index is 0.400. The van der Waals surface area contributed by atoms with Crippen molar-refractivity contribution >= 4 is 11.4 Å². The van der Waals surface area contributed by atoms with Crippen LogP contribution in [0.2, 0.25) is 0 Å². The number of hydrogen-bond acceptors (Lipinski definition) is 5. The maximum Gasteiger partial charge on any atom is 0.127 e. The van der Waals surface area contributed by atoms with Crippen molar-refractivity contribution < 1.29 is 9.47 Å². The van der Waals surface area contributed by atoms with Gasteiger partial charge in [0.2, 0.25) is 0 Å². The predicted octanol–water partition coefficient (Wildman–Crippen LogP) is 4.75. The van der Waals surface area contributed by atoms with Gasteiger partial charge in [0.25, 0.3) is 0 Å². The Kier molecular flexibility index (Phi) is 7.93. The first-order valence-electron chi connectivity index (χ1n) is 9.52. The largest absolute Gasteiger partial charge is 0.496 e. The molecule has 3 N–H and O–H groups in total. The molecule has 0 aliphatic carbocycles. The fourth-order valence-electron chi connectivity index (χ4n) is 2.81. The van der Waals surface area contributed by atoms with Gasteiger partial charge < -0.3 is 25.5 Å². The van der Waals surface area contributed by atoms with Crippen molar-refractivity contribution in [1.29, 1.82) is 5.41 Å². The number of benzene rings is 2. The number of allylic oxidation sites excluding steroid dienone is 1. The van der Waals surface area contributed by atoms with E-state index in [9.17, 15) is 0 Å². The smallest absolute Gasteiger partial charge is 0.127 e. The third-order valence-corrected chi connectivity index (χ3v) is 4.37. The van der Waals surface area contributed by atoms with Gasteiger partial charge in [0.15, 0.2) is 0 Å². The molecular formula is C23H31N3O2. The highest BCUT2D eigenvalue weighted by Crippen LogP contribution is 2.29. The van der Waals surface area contributed by atoms with Gasteiger partial charge in [0.05, 0.1) is 18.4 Å². The molecule has 0 aliphatic rings. The number of nitrogens with one attached hydrogen (secondary N) is 3. The molecule has 0 heterocycles. The molecule has 0 spiro atoms. The van der Waals surface area contributed by atoms with Crippen molar-refractivity contribution in [3.05, 3.63) is 65.4 Å². The standard InChI is InChI=1S/C23H31N3O2/c1-16(2)14-26-12-11-20(24)18-9-10-22(17(3)13-18)28-15-19-21(25-4)7-6-8-23(19)27-5/h6-13,16,24-26H,14-15H2,1-5H3/b12-11-,24-20?. The quantitative estimate of drug-likeness (QED) is 0.520. The molecule has 0 atom stereocenters. The topological polar surface area (TPSA) is 66.4 Å². The Morgan fingerprint density at radius 1 is 1.18 bits per heavy atom. The second-order valence-corrected chi connectivity index (χ2v) is 7.05. The average molecular weight is 382 g/mol. The summed E-state index contributed by atoms with van der Waals surface area (Å²) in [4.78, 5) is 0. The molecule has 2 aromatic carbocycles. The van der Waals surface area contributed by atoms with Crippen LogP contribution >= 0.6 is 0 Å². The van der Waals surface area contributed by atoms with Crippen molar-refractivity contribution in [3.8, 4) is 11.5 Å². The summed E-state index contributed by atoms with van der Waals surface area (Å²) in [5.41, 5.74) is 4.28. The van der Waals surface area contributed by atoms with Crippen LogP contribution in [-0.2, 0) is 6.61 Å². The molecule has 0 aromatic heterocycles. The Hall–Kier alpha value is -2.95. The molecule has 0 bridgehead atoms. The van der Waals surface area contributed by atoms with E-state index in [4.69, 9.17) is 14.9 Å². The maximum absolute atomic E-state index is 8.23. The van der Waals surface area contributed by atoms with Crippen LogP contribution in [0.3, 0.4) is 0 Å². The molecule has 150 valence electrons. The lowest BCUT2D eigenvalue weighted by Gasteiger charge is -2.16. The highest BCUT2D eigenvalue weighted by molar-refractivity contribution is 6.06. The number of ether oxygens (including phenoxy) is 2. The number of methoxy groups -OCH3 is 1. The first-order valence-corrected chi connectivity index (χ1v) is 9.52. The monoisotopic (exact) mass is 381 g/mol. The number of rotatable bonds is 10. The molecular weight excluding hydrogens is 350 g/mol. The summed E-state index contributed by atoms with van der Waals surface area (Å²) in [6.07, 6.45) is 3.62. The molecule has 0 saturated heterocycles. The van der Waals surface area contributed by atoms with Gasteiger partial charge in [-0.15, -0.1) is 0 Å².